The normalized spacial score (nSPS) is 10.9. The predicted octanol–water partition coefficient (Wildman–Crippen LogP) is 5.03. The Morgan fingerprint density at radius 1 is 1.17 bits per heavy atom. The van der Waals surface area contributed by atoms with E-state index in [1.165, 1.54) is 10.5 Å². The molecule has 0 saturated carbocycles. The molecular formula is C18H18N2OS2. The first-order valence-corrected chi connectivity index (χ1v) is 9.27. The molecule has 3 aromatic rings. The molecule has 0 spiro atoms. The zero-order valence-corrected chi connectivity index (χ0v) is 14.8. The highest BCUT2D eigenvalue weighted by Gasteiger charge is 2.06. The van der Waals surface area contributed by atoms with Crippen LogP contribution in [-0.4, -0.2) is 16.6 Å². The van der Waals surface area contributed by atoms with Crippen LogP contribution in [0.2, 0.25) is 0 Å². The fourth-order valence-electron chi connectivity index (χ4n) is 2.24. The van der Waals surface area contributed by atoms with Crippen LogP contribution in [0.3, 0.4) is 0 Å². The Balaban J connectivity index is 1.52. The van der Waals surface area contributed by atoms with E-state index < -0.39 is 0 Å². The third kappa shape index (κ3) is 4.33. The van der Waals surface area contributed by atoms with Crippen molar-refractivity contribution in [2.24, 2.45) is 0 Å². The van der Waals surface area contributed by atoms with Crippen molar-refractivity contribution < 1.29 is 4.79 Å². The average Bonchev–Trinajstić information content (AvgIpc) is 2.88. The van der Waals surface area contributed by atoms with E-state index in [0.717, 1.165) is 26.7 Å². The second-order valence-corrected chi connectivity index (χ2v) is 7.78. The van der Waals surface area contributed by atoms with Crippen molar-refractivity contribution in [1.82, 2.24) is 4.98 Å². The van der Waals surface area contributed by atoms with E-state index in [0.29, 0.717) is 6.42 Å². The lowest BCUT2D eigenvalue weighted by Gasteiger charge is -2.05. The van der Waals surface area contributed by atoms with Crippen molar-refractivity contribution >= 4 is 44.9 Å². The van der Waals surface area contributed by atoms with Gasteiger partial charge in [0.05, 0.1) is 15.2 Å². The number of aryl methyl sites for hydroxylation is 2. The molecule has 1 heterocycles. The first-order chi connectivity index (χ1) is 11.1. The zero-order chi connectivity index (χ0) is 16.2. The van der Waals surface area contributed by atoms with Gasteiger partial charge in [0.2, 0.25) is 5.91 Å². The van der Waals surface area contributed by atoms with Crippen molar-refractivity contribution in [2.45, 2.75) is 25.2 Å². The van der Waals surface area contributed by atoms with Crippen LogP contribution in [0.1, 0.15) is 17.0 Å². The summed E-state index contributed by atoms with van der Waals surface area (Å²) in [4.78, 5) is 17.7. The van der Waals surface area contributed by atoms with Gasteiger partial charge in [-0.25, -0.2) is 4.98 Å². The summed E-state index contributed by atoms with van der Waals surface area (Å²) < 4.78 is 1.11. The van der Waals surface area contributed by atoms with Crippen LogP contribution in [0, 0.1) is 13.8 Å². The van der Waals surface area contributed by atoms with Gasteiger partial charge in [-0.1, -0.05) is 17.7 Å². The molecular weight excluding hydrogens is 324 g/mol. The summed E-state index contributed by atoms with van der Waals surface area (Å²) in [7, 11) is 0. The van der Waals surface area contributed by atoms with Crippen LogP contribution >= 0.6 is 23.1 Å². The van der Waals surface area contributed by atoms with E-state index in [9.17, 15) is 4.79 Å². The minimum absolute atomic E-state index is 0.0465. The van der Waals surface area contributed by atoms with Crippen LogP contribution in [0.25, 0.3) is 10.2 Å². The summed E-state index contributed by atoms with van der Waals surface area (Å²) in [5.41, 5.74) is 3.08. The number of carbonyl (C=O) groups is 1. The van der Waals surface area contributed by atoms with E-state index in [1.807, 2.05) is 25.1 Å². The number of carbonyl (C=O) groups excluding carboxylic acids is 1. The van der Waals surface area contributed by atoms with Gasteiger partial charge < -0.3 is 5.32 Å². The lowest BCUT2D eigenvalue weighted by molar-refractivity contribution is -0.115. The fraction of sp³-hybridized carbons (Fsp3) is 0.222. The van der Waals surface area contributed by atoms with E-state index in [4.69, 9.17) is 0 Å². The molecule has 0 aliphatic carbocycles. The number of nitrogens with zero attached hydrogens (tertiary/aromatic N) is 1. The molecule has 23 heavy (non-hydrogen) atoms. The summed E-state index contributed by atoms with van der Waals surface area (Å²) in [5, 5.41) is 4.01. The largest absolute Gasteiger partial charge is 0.326 e. The lowest BCUT2D eigenvalue weighted by Crippen LogP contribution is -2.11. The maximum atomic E-state index is 12.1. The molecule has 0 bridgehead atoms. The van der Waals surface area contributed by atoms with Gasteiger partial charge in [0.25, 0.3) is 0 Å². The summed E-state index contributed by atoms with van der Waals surface area (Å²) in [6, 6.07) is 14.2. The SMILES string of the molecule is Cc1ccc(SCCC(=O)Nc2ccc3nc(C)sc3c2)cc1. The first kappa shape index (κ1) is 16.0. The molecule has 0 radical (unpaired) electrons. The number of thiazole rings is 1. The van der Waals surface area contributed by atoms with E-state index in [1.54, 1.807) is 23.1 Å². The molecule has 0 fully saturated rings. The molecule has 3 nitrogen and oxygen atoms in total. The highest BCUT2D eigenvalue weighted by atomic mass is 32.2. The van der Waals surface area contributed by atoms with E-state index in [-0.39, 0.29) is 5.91 Å². The van der Waals surface area contributed by atoms with Gasteiger partial charge in [-0.15, -0.1) is 23.1 Å². The molecule has 1 amide bonds. The molecule has 0 unspecified atom stereocenters. The maximum Gasteiger partial charge on any atom is 0.225 e. The number of fused-ring (bicyclic) bond motifs is 1. The van der Waals surface area contributed by atoms with Gasteiger partial charge >= 0.3 is 0 Å². The number of anilines is 1. The molecule has 1 N–H and O–H groups in total. The Kier molecular flexibility index (Phi) is 4.98. The third-order valence-corrected chi connectivity index (χ3v) is 5.35. The Morgan fingerprint density at radius 3 is 2.74 bits per heavy atom. The highest BCUT2D eigenvalue weighted by molar-refractivity contribution is 7.99. The quantitative estimate of drug-likeness (QED) is 0.661. The molecule has 0 atom stereocenters. The second-order valence-electron chi connectivity index (χ2n) is 5.38. The van der Waals surface area contributed by atoms with Crippen LogP contribution in [-0.2, 0) is 4.79 Å². The minimum Gasteiger partial charge on any atom is -0.326 e. The first-order valence-electron chi connectivity index (χ1n) is 7.47. The molecule has 5 heteroatoms. The van der Waals surface area contributed by atoms with Gasteiger partial charge in [-0.2, -0.15) is 0 Å². The van der Waals surface area contributed by atoms with Crippen LogP contribution < -0.4 is 5.32 Å². The number of aromatic nitrogens is 1. The minimum atomic E-state index is 0.0465. The summed E-state index contributed by atoms with van der Waals surface area (Å²) in [5.74, 6) is 0.821. The van der Waals surface area contributed by atoms with Crippen LogP contribution in [0.5, 0.6) is 0 Å². The average molecular weight is 342 g/mol. The molecule has 3 rings (SSSR count). The molecule has 118 valence electrons. The number of rotatable bonds is 5. The Bertz CT molecular complexity index is 825. The monoisotopic (exact) mass is 342 g/mol. The predicted molar refractivity (Wildman–Crippen MR) is 99.5 cm³/mol. The molecule has 0 saturated heterocycles. The Labute approximate surface area is 144 Å². The van der Waals surface area contributed by atoms with Crippen molar-refractivity contribution in [1.29, 1.82) is 0 Å². The third-order valence-electron chi connectivity index (χ3n) is 3.40. The van der Waals surface area contributed by atoms with Crippen LogP contribution in [0.15, 0.2) is 47.4 Å². The summed E-state index contributed by atoms with van der Waals surface area (Å²) in [6.45, 7) is 4.06. The Morgan fingerprint density at radius 2 is 1.96 bits per heavy atom. The summed E-state index contributed by atoms with van der Waals surface area (Å²) in [6.07, 6.45) is 0.498. The maximum absolute atomic E-state index is 12.1. The van der Waals surface area contributed by atoms with Crippen molar-refractivity contribution in [3.05, 3.63) is 53.0 Å². The topological polar surface area (TPSA) is 42.0 Å². The van der Waals surface area contributed by atoms with Crippen molar-refractivity contribution in [2.75, 3.05) is 11.1 Å². The van der Waals surface area contributed by atoms with Crippen molar-refractivity contribution in [3.63, 3.8) is 0 Å². The van der Waals surface area contributed by atoms with Gasteiger partial charge in [-0.3, -0.25) is 4.79 Å². The number of hydrogen-bond donors (Lipinski definition) is 1. The second kappa shape index (κ2) is 7.15. The molecule has 1 aromatic heterocycles. The number of amides is 1. The van der Waals surface area contributed by atoms with Crippen molar-refractivity contribution in [3.8, 4) is 0 Å². The zero-order valence-electron chi connectivity index (χ0n) is 13.1. The highest BCUT2D eigenvalue weighted by Crippen LogP contribution is 2.25. The number of thioether (sulfide) groups is 1. The fourth-order valence-corrected chi connectivity index (χ4v) is 3.96. The smallest absolute Gasteiger partial charge is 0.225 e. The number of benzene rings is 2. The van der Waals surface area contributed by atoms with E-state index in [2.05, 4.69) is 41.5 Å². The van der Waals surface area contributed by atoms with Crippen LogP contribution in [0.4, 0.5) is 5.69 Å². The van der Waals surface area contributed by atoms with Gasteiger partial charge in [-0.05, 0) is 44.2 Å². The molecule has 2 aromatic carbocycles. The van der Waals surface area contributed by atoms with Gasteiger partial charge in [0.1, 0.15) is 0 Å². The standard InChI is InChI=1S/C18H18N2OS2/c1-12-3-6-15(7-4-12)22-10-9-18(21)20-14-5-8-16-17(11-14)23-13(2)19-16/h3-8,11H,9-10H2,1-2H3,(H,20,21). The van der Waals surface area contributed by atoms with E-state index >= 15 is 0 Å². The van der Waals surface area contributed by atoms with Gasteiger partial charge in [0, 0.05) is 22.8 Å². The molecule has 0 aliphatic rings. The lowest BCUT2D eigenvalue weighted by atomic mass is 10.2. The summed E-state index contributed by atoms with van der Waals surface area (Å²) >= 11 is 3.35. The number of nitrogens with one attached hydrogen (secondary N) is 1. The van der Waals surface area contributed by atoms with Gasteiger partial charge in [0.15, 0.2) is 0 Å². The molecule has 0 aliphatic heterocycles. The Hall–Kier alpha value is -1.85. The number of hydrogen-bond acceptors (Lipinski definition) is 4.